The van der Waals surface area contributed by atoms with Crippen molar-refractivity contribution in [2.75, 3.05) is 38.5 Å². The minimum absolute atomic E-state index is 0.0927. The summed E-state index contributed by atoms with van der Waals surface area (Å²) in [6.07, 6.45) is 6.27. The number of hydrogen-bond donors (Lipinski definition) is 1. The minimum Gasteiger partial charge on any atom is -0.341 e. The predicted octanol–water partition coefficient (Wildman–Crippen LogP) is 2.73. The lowest BCUT2D eigenvalue weighted by Crippen LogP contribution is -2.48. The highest BCUT2D eigenvalue weighted by atomic mass is 19.1. The Labute approximate surface area is 154 Å². The van der Waals surface area contributed by atoms with Crippen LogP contribution in [0.4, 0.5) is 10.1 Å². The topological polar surface area (TPSA) is 52.7 Å². The molecule has 26 heavy (non-hydrogen) atoms. The molecule has 1 aliphatic carbocycles. The second kappa shape index (κ2) is 8.62. The maximum absolute atomic E-state index is 13.2. The number of amides is 2. The van der Waals surface area contributed by atoms with Crippen LogP contribution >= 0.6 is 0 Å². The van der Waals surface area contributed by atoms with E-state index in [1.807, 2.05) is 4.90 Å². The summed E-state index contributed by atoms with van der Waals surface area (Å²) >= 11 is 0. The van der Waals surface area contributed by atoms with Gasteiger partial charge in [-0.1, -0.05) is 25.3 Å². The number of likely N-dealkylation sites (N-methyl/N-ethyl adjacent to an activating group) is 1. The number of fused-ring (bicyclic) bond motifs is 1. The lowest BCUT2D eigenvalue weighted by Gasteiger charge is -2.41. The van der Waals surface area contributed by atoms with E-state index < -0.39 is 5.82 Å². The fourth-order valence-electron chi connectivity index (χ4n) is 4.23. The number of benzene rings is 1. The van der Waals surface area contributed by atoms with Crippen molar-refractivity contribution in [3.8, 4) is 0 Å². The van der Waals surface area contributed by atoms with Crippen molar-refractivity contribution in [1.29, 1.82) is 0 Å². The normalized spacial score (nSPS) is 22.8. The molecule has 1 heterocycles. The van der Waals surface area contributed by atoms with Crippen molar-refractivity contribution in [2.24, 2.45) is 11.8 Å². The lowest BCUT2D eigenvalue weighted by atomic mass is 9.75. The number of nitrogens with zero attached hydrogens (tertiary/aromatic N) is 2. The first-order valence-electron chi connectivity index (χ1n) is 9.53. The Morgan fingerprint density at radius 2 is 1.96 bits per heavy atom. The molecule has 2 aliphatic rings. The van der Waals surface area contributed by atoms with Crippen LogP contribution in [0.3, 0.4) is 0 Å². The van der Waals surface area contributed by atoms with Gasteiger partial charge in [-0.3, -0.25) is 14.5 Å². The molecular formula is C20H28FN3O2. The molecule has 0 bridgehead atoms. The van der Waals surface area contributed by atoms with E-state index in [1.165, 1.54) is 37.8 Å². The molecule has 6 heteroatoms. The summed E-state index contributed by atoms with van der Waals surface area (Å²) < 4.78 is 13.2. The van der Waals surface area contributed by atoms with E-state index in [4.69, 9.17) is 0 Å². The highest BCUT2D eigenvalue weighted by Gasteiger charge is 2.33. The summed E-state index contributed by atoms with van der Waals surface area (Å²) in [6.45, 7) is 2.03. The van der Waals surface area contributed by atoms with Crippen molar-refractivity contribution in [3.63, 3.8) is 0 Å². The summed E-state index contributed by atoms with van der Waals surface area (Å²) in [7, 11) is 1.76. The summed E-state index contributed by atoms with van der Waals surface area (Å²) in [6, 6.07) is 5.79. The Hall–Kier alpha value is -1.95. The number of hydrogen-bond acceptors (Lipinski definition) is 3. The van der Waals surface area contributed by atoms with Crippen LogP contribution in [0, 0.1) is 17.7 Å². The molecule has 0 spiro atoms. The third-order valence-electron chi connectivity index (χ3n) is 5.57. The predicted molar refractivity (Wildman–Crippen MR) is 99.2 cm³/mol. The standard InChI is InChI=1S/C20H28FN3O2/c1-23(13-19(25)22-18-8-4-7-17(21)11-18)14-20(26)24-10-9-15-5-2-3-6-16(15)12-24/h4,7-8,11,15-16H,2-3,5-6,9-10,12-14H2,1H3,(H,22,25)/t15-,16+/m0/s1. The van der Waals surface area contributed by atoms with Crippen LogP contribution in [-0.4, -0.2) is 54.8 Å². The van der Waals surface area contributed by atoms with Crippen LogP contribution in [0.2, 0.25) is 0 Å². The molecule has 1 aromatic rings. The Morgan fingerprint density at radius 1 is 1.19 bits per heavy atom. The Balaban J connectivity index is 1.44. The highest BCUT2D eigenvalue weighted by molar-refractivity contribution is 5.92. The quantitative estimate of drug-likeness (QED) is 0.877. The number of likely N-dealkylation sites (tertiary alicyclic amines) is 1. The molecule has 1 N–H and O–H groups in total. The maximum Gasteiger partial charge on any atom is 0.238 e. The zero-order valence-corrected chi connectivity index (χ0v) is 15.4. The number of nitrogens with one attached hydrogen (secondary N) is 1. The van der Waals surface area contributed by atoms with Crippen LogP contribution < -0.4 is 5.32 Å². The van der Waals surface area contributed by atoms with Gasteiger partial charge in [-0.25, -0.2) is 4.39 Å². The number of piperidine rings is 1. The van der Waals surface area contributed by atoms with Gasteiger partial charge in [0.15, 0.2) is 0 Å². The molecule has 2 fully saturated rings. The number of carbonyl (C=O) groups excluding carboxylic acids is 2. The van der Waals surface area contributed by atoms with Gasteiger partial charge in [0.05, 0.1) is 13.1 Å². The van der Waals surface area contributed by atoms with E-state index in [-0.39, 0.29) is 24.9 Å². The molecule has 142 valence electrons. The fourth-order valence-corrected chi connectivity index (χ4v) is 4.23. The smallest absolute Gasteiger partial charge is 0.238 e. The molecule has 1 saturated heterocycles. The zero-order valence-electron chi connectivity index (χ0n) is 15.4. The van der Waals surface area contributed by atoms with E-state index in [2.05, 4.69) is 5.32 Å². The van der Waals surface area contributed by atoms with Gasteiger partial charge in [0, 0.05) is 18.8 Å². The van der Waals surface area contributed by atoms with Crippen LogP contribution in [0.5, 0.6) is 0 Å². The largest absolute Gasteiger partial charge is 0.341 e. The van der Waals surface area contributed by atoms with Gasteiger partial charge in [0.25, 0.3) is 0 Å². The SMILES string of the molecule is CN(CC(=O)Nc1cccc(F)c1)CC(=O)N1CC[C@@H]2CCCC[C@@H]2C1. The fraction of sp³-hybridized carbons (Fsp3) is 0.600. The molecule has 1 aliphatic heterocycles. The van der Waals surface area contributed by atoms with Gasteiger partial charge in [-0.15, -0.1) is 0 Å². The Morgan fingerprint density at radius 3 is 2.73 bits per heavy atom. The number of anilines is 1. The van der Waals surface area contributed by atoms with Gasteiger partial charge >= 0.3 is 0 Å². The van der Waals surface area contributed by atoms with E-state index in [9.17, 15) is 14.0 Å². The van der Waals surface area contributed by atoms with Crippen LogP contribution in [0.15, 0.2) is 24.3 Å². The van der Waals surface area contributed by atoms with Crippen molar-refractivity contribution in [1.82, 2.24) is 9.80 Å². The summed E-state index contributed by atoms with van der Waals surface area (Å²) in [5.74, 6) is 0.898. The van der Waals surface area contributed by atoms with Crippen LogP contribution in [0.25, 0.3) is 0 Å². The highest BCUT2D eigenvalue weighted by Crippen LogP contribution is 2.36. The molecule has 0 unspecified atom stereocenters. The van der Waals surface area contributed by atoms with Crippen molar-refractivity contribution in [3.05, 3.63) is 30.1 Å². The van der Waals surface area contributed by atoms with Crippen molar-refractivity contribution >= 4 is 17.5 Å². The van der Waals surface area contributed by atoms with Gasteiger partial charge in [-0.2, -0.15) is 0 Å². The zero-order chi connectivity index (χ0) is 18.5. The molecule has 2 atom stereocenters. The third kappa shape index (κ3) is 5.04. The summed E-state index contributed by atoms with van der Waals surface area (Å²) in [5.41, 5.74) is 0.425. The van der Waals surface area contributed by atoms with Gasteiger partial charge < -0.3 is 10.2 Å². The van der Waals surface area contributed by atoms with Gasteiger partial charge in [0.2, 0.25) is 11.8 Å². The van der Waals surface area contributed by atoms with E-state index in [0.717, 1.165) is 25.4 Å². The van der Waals surface area contributed by atoms with Gasteiger partial charge in [-0.05, 0) is 49.9 Å². The lowest BCUT2D eigenvalue weighted by molar-refractivity contribution is -0.135. The van der Waals surface area contributed by atoms with E-state index >= 15 is 0 Å². The molecule has 0 aromatic heterocycles. The molecule has 1 saturated carbocycles. The first-order valence-corrected chi connectivity index (χ1v) is 9.53. The monoisotopic (exact) mass is 361 g/mol. The molecule has 1 aromatic carbocycles. The average molecular weight is 361 g/mol. The summed E-state index contributed by atoms with van der Waals surface area (Å²) in [4.78, 5) is 28.3. The number of rotatable bonds is 5. The Bertz CT molecular complexity index is 652. The molecule has 2 amide bonds. The maximum atomic E-state index is 13.2. The molecule has 5 nitrogen and oxygen atoms in total. The van der Waals surface area contributed by atoms with E-state index in [0.29, 0.717) is 11.6 Å². The first kappa shape index (κ1) is 18.8. The average Bonchev–Trinajstić information content (AvgIpc) is 2.61. The van der Waals surface area contributed by atoms with Crippen molar-refractivity contribution in [2.45, 2.75) is 32.1 Å². The van der Waals surface area contributed by atoms with Gasteiger partial charge in [0.1, 0.15) is 5.82 Å². The van der Waals surface area contributed by atoms with E-state index in [1.54, 1.807) is 24.1 Å². The minimum atomic E-state index is -0.391. The molecular weight excluding hydrogens is 333 g/mol. The third-order valence-corrected chi connectivity index (χ3v) is 5.57. The van der Waals surface area contributed by atoms with Crippen LogP contribution in [0.1, 0.15) is 32.1 Å². The first-order chi connectivity index (χ1) is 12.5. The second-order valence-corrected chi connectivity index (χ2v) is 7.66. The number of carbonyl (C=O) groups is 2. The summed E-state index contributed by atoms with van der Waals surface area (Å²) in [5, 5.41) is 2.66. The van der Waals surface area contributed by atoms with Crippen LogP contribution in [-0.2, 0) is 9.59 Å². The van der Waals surface area contributed by atoms with Crippen molar-refractivity contribution < 1.29 is 14.0 Å². The molecule has 3 rings (SSSR count). The Kier molecular flexibility index (Phi) is 6.25. The number of halogens is 1. The second-order valence-electron chi connectivity index (χ2n) is 7.66. The molecule has 0 radical (unpaired) electrons.